The number of nitrogens with zero attached hydrogens (tertiary/aromatic N) is 4. The summed E-state index contributed by atoms with van der Waals surface area (Å²) in [6.07, 6.45) is 3.52. The summed E-state index contributed by atoms with van der Waals surface area (Å²) >= 11 is 2.79. The van der Waals surface area contributed by atoms with Crippen molar-refractivity contribution in [2.75, 3.05) is 5.32 Å². The zero-order chi connectivity index (χ0) is 14.1. The number of pyridine rings is 1. The van der Waals surface area contributed by atoms with E-state index in [0.29, 0.717) is 0 Å². The summed E-state index contributed by atoms with van der Waals surface area (Å²) in [5, 5.41) is 6.11. The Bertz CT molecular complexity index is 884. The molecule has 4 aromatic rings. The van der Waals surface area contributed by atoms with E-state index in [0.717, 1.165) is 33.1 Å². The number of nitrogens with one attached hydrogen (secondary N) is 1. The van der Waals surface area contributed by atoms with Gasteiger partial charge in [-0.25, -0.2) is 4.98 Å². The molecule has 1 aromatic carbocycles. The molecule has 0 saturated heterocycles. The van der Waals surface area contributed by atoms with E-state index in [2.05, 4.69) is 24.0 Å². The van der Waals surface area contributed by atoms with Gasteiger partial charge in [-0.3, -0.25) is 4.98 Å². The fraction of sp³-hybridized carbons (Fsp3) is 0. The summed E-state index contributed by atoms with van der Waals surface area (Å²) in [5.41, 5.74) is 4.74. The standard InChI is InChI=1S/C14H9N5S2/c1-2-10(7-15-5-1)16-14-17-13(8-20-14)9-3-4-11-12(6-9)19-21-18-11/h1-8H,(H,16,17). The number of thiazole rings is 1. The normalized spacial score (nSPS) is 10.9. The maximum absolute atomic E-state index is 4.60. The summed E-state index contributed by atoms with van der Waals surface area (Å²) in [5.74, 6) is 0. The van der Waals surface area contributed by atoms with Crippen molar-refractivity contribution >= 4 is 44.9 Å². The predicted octanol–water partition coefficient (Wildman–Crippen LogP) is 3.95. The fourth-order valence-corrected chi connectivity index (χ4v) is 3.22. The topological polar surface area (TPSA) is 63.6 Å². The van der Waals surface area contributed by atoms with Crippen LogP contribution in [-0.2, 0) is 0 Å². The number of rotatable bonds is 3. The highest BCUT2D eigenvalue weighted by Gasteiger charge is 2.07. The molecule has 21 heavy (non-hydrogen) atoms. The largest absolute Gasteiger partial charge is 0.330 e. The van der Waals surface area contributed by atoms with Crippen molar-refractivity contribution in [2.24, 2.45) is 0 Å². The number of aromatic nitrogens is 4. The molecular formula is C14H9N5S2. The first-order valence-electron chi connectivity index (χ1n) is 6.24. The van der Waals surface area contributed by atoms with E-state index in [9.17, 15) is 0 Å². The molecule has 1 N–H and O–H groups in total. The number of hydrogen-bond acceptors (Lipinski definition) is 7. The molecule has 0 radical (unpaired) electrons. The minimum Gasteiger partial charge on any atom is -0.330 e. The number of anilines is 2. The molecule has 0 atom stereocenters. The SMILES string of the molecule is c1cncc(Nc2nc(-c3ccc4nsnc4c3)cs2)c1. The minimum atomic E-state index is 0.842. The Kier molecular flexibility index (Phi) is 3.06. The van der Waals surface area contributed by atoms with E-state index in [1.807, 2.05) is 35.7 Å². The van der Waals surface area contributed by atoms with Gasteiger partial charge in [-0.1, -0.05) is 6.07 Å². The second-order valence-corrected chi connectivity index (χ2v) is 5.76. The lowest BCUT2D eigenvalue weighted by Crippen LogP contribution is -1.89. The molecule has 0 bridgehead atoms. The van der Waals surface area contributed by atoms with Crippen LogP contribution in [0, 0.1) is 0 Å². The zero-order valence-electron chi connectivity index (χ0n) is 10.7. The molecule has 0 aliphatic carbocycles. The van der Waals surface area contributed by atoms with E-state index in [-0.39, 0.29) is 0 Å². The van der Waals surface area contributed by atoms with Crippen LogP contribution in [0.5, 0.6) is 0 Å². The van der Waals surface area contributed by atoms with Crippen LogP contribution in [0.25, 0.3) is 22.3 Å². The van der Waals surface area contributed by atoms with Gasteiger partial charge in [0.15, 0.2) is 5.13 Å². The van der Waals surface area contributed by atoms with Crippen molar-refractivity contribution in [2.45, 2.75) is 0 Å². The molecule has 0 spiro atoms. The Hall–Kier alpha value is -2.38. The number of benzene rings is 1. The third kappa shape index (κ3) is 2.48. The van der Waals surface area contributed by atoms with Crippen LogP contribution >= 0.6 is 23.1 Å². The third-order valence-corrected chi connectivity index (χ3v) is 4.28. The van der Waals surface area contributed by atoms with Crippen molar-refractivity contribution in [3.63, 3.8) is 0 Å². The lowest BCUT2D eigenvalue weighted by atomic mass is 10.1. The quantitative estimate of drug-likeness (QED) is 0.620. The Morgan fingerprint density at radius 2 is 2.00 bits per heavy atom. The van der Waals surface area contributed by atoms with Gasteiger partial charge in [0.2, 0.25) is 0 Å². The summed E-state index contributed by atoms with van der Waals surface area (Å²) in [7, 11) is 0. The van der Waals surface area contributed by atoms with Crippen LogP contribution in [0.3, 0.4) is 0 Å². The summed E-state index contributed by atoms with van der Waals surface area (Å²) in [4.78, 5) is 8.68. The van der Waals surface area contributed by atoms with E-state index >= 15 is 0 Å². The first kappa shape index (κ1) is 12.4. The third-order valence-electron chi connectivity index (χ3n) is 2.97. The van der Waals surface area contributed by atoms with E-state index < -0.39 is 0 Å². The Labute approximate surface area is 128 Å². The Balaban J connectivity index is 1.64. The zero-order valence-corrected chi connectivity index (χ0v) is 12.4. The van der Waals surface area contributed by atoms with Gasteiger partial charge in [0, 0.05) is 17.1 Å². The maximum Gasteiger partial charge on any atom is 0.187 e. The monoisotopic (exact) mass is 311 g/mol. The van der Waals surface area contributed by atoms with Crippen molar-refractivity contribution in [3.8, 4) is 11.3 Å². The molecule has 0 fully saturated rings. The Morgan fingerprint density at radius 1 is 1.05 bits per heavy atom. The highest BCUT2D eigenvalue weighted by molar-refractivity contribution is 7.14. The predicted molar refractivity (Wildman–Crippen MR) is 86.0 cm³/mol. The van der Waals surface area contributed by atoms with Crippen molar-refractivity contribution in [1.29, 1.82) is 0 Å². The van der Waals surface area contributed by atoms with Gasteiger partial charge in [0.05, 0.1) is 29.3 Å². The van der Waals surface area contributed by atoms with Gasteiger partial charge in [-0.2, -0.15) is 8.75 Å². The molecule has 3 heterocycles. The van der Waals surface area contributed by atoms with E-state index in [1.165, 1.54) is 11.7 Å². The molecule has 3 aromatic heterocycles. The second kappa shape index (κ2) is 5.19. The van der Waals surface area contributed by atoms with Crippen LogP contribution in [0.1, 0.15) is 0 Å². The first-order chi connectivity index (χ1) is 10.4. The van der Waals surface area contributed by atoms with Crippen LogP contribution in [0.4, 0.5) is 10.8 Å². The summed E-state index contributed by atoms with van der Waals surface area (Å²) in [6.45, 7) is 0. The molecule has 0 aliphatic rings. The maximum atomic E-state index is 4.60. The highest BCUT2D eigenvalue weighted by Crippen LogP contribution is 2.28. The summed E-state index contributed by atoms with van der Waals surface area (Å²) < 4.78 is 8.47. The van der Waals surface area contributed by atoms with Gasteiger partial charge in [-0.05, 0) is 24.3 Å². The molecule has 0 unspecified atom stereocenters. The minimum absolute atomic E-state index is 0.842. The van der Waals surface area contributed by atoms with Crippen LogP contribution < -0.4 is 5.32 Å². The van der Waals surface area contributed by atoms with Gasteiger partial charge < -0.3 is 5.32 Å². The van der Waals surface area contributed by atoms with Crippen LogP contribution in [-0.4, -0.2) is 18.7 Å². The average molecular weight is 311 g/mol. The van der Waals surface area contributed by atoms with Crippen molar-refractivity contribution in [1.82, 2.24) is 18.7 Å². The summed E-state index contributed by atoms with van der Waals surface area (Å²) in [6, 6.07) is 9.86. The van der Waals surface area contributed by atoms with E-state index in [1.54, 1.807) is 23.7 Å². The van der Waals surface area contributed by atoms with Gasteiger partial charge in [0.1, 0.15) is 11.0 Å². The molecule has 7 heteroatoms. The molecule has 4 rings (SSSR count). The molecule has 102 valence electrons. The van der Waals surface area contributed by atoms with Crippen LogP contribution in [0.15, 0.2) is 48.1 Å². The van der Waals surface area contributed by atoms with Gasteiger partial charge in [-0.15, -0.1) is 11.3 Å². The van der Waals surface area contributed by atoms with Crippen LogP contribution in [0.2, 0.25) is 0 Å². The fourth-order valence-electron chi connectivity index (χ4n) is 1.97. The number of hydrogen-bond donors (Lipinski definition) is 1. The second-order valence-electron chi connectivity index (χ2n) is 4.37. The van der Waals surface area contributed by atoms with Gasteiger partial charge >= 0.3 is 0 Å². The number of fused-ring (bicyclic) bond motifs is 1. The molecule has 0 aliphatic heterocycles. The van der Waals surface area contributed by atoms with Crippen molar-refractivity contribution < 1.29 is 0 Å². The highest BCUT2D eigenvalue weighted by atomic mass is 32.1. The smallest absolute Gasteiger partial charge is 0.187 e. The molecule has 0 amide bonds. The molecule has 5 nitrogen and oxygen atoms in total. The first-order valence-corrected chi connectivity index (χ1v) is 7.85. The Morgan fingerprint density at radius 3 is 2.90 bits per heavy atom. The average Bonchev–Trinajstić information content (AvgIpc) is 3.16. The molecular weight excluding hydrogens is 302 g/mol. The lowest BCUT2D eigenvalue weighted by molar-refractivity contribution is 1.31. The van der Waals surface area contributed by atoms with E-state index in [4.69, 9.17) is 0 Å². The lowest BCUT2D eigenvalue weighted by Gasteiger charge is -2.00. The van der Waals surface area contributed by atoms with Crippen molar-refractivity contribution in [3.05, 3.63) is 48.1 Å². The molecule has 0 saturated carbocycles. The van der Waals surface area contributed by atoms with Gasteiger partial charge in [0.25, 0.3) is 0 Å².